The molecule has 27 heavy (non-hydrogen) atoms. The Bertz CT molecular complexity index is 977. The van der Waals surface area contributed by atoms with Crippen LogP contribution in [0.25, 0.3) is 27.0 Å². The van der Waals surface area contributed by atoms with E-state index < -0.39 is 5.95 Å². The largest absolute Gasteiger partial charge is 0.366 e. The van der Waals surface area contributed by atoms with Crippen molar-refractivity contribution in [1.29, 1.82) is 5.41 Å². The fraction of sp³-hybridized carbons (Fsp3) is 0.250. The first-order chi connectivity index (χ1) is 13.2. The predicted octanol–water partition coefficient (Wildman–Crippen LogP) is 4.60. The van der Waals surface area contributed by atoms with Gasteiger partial charge in [-0.1, -0.05) is 0 Å². The van der Waals surface area contributed by atoms with Crippen LogP contribution < -0.4 is 5.32 Å². The van der Waals surface area contributed by atoms with E-state index in [1.54, 1.807) is 6.07 Å². The predicted molar refractivity (Wildman–Crippen MR) is 106 cm³/mol. The standard InChI is InChI=1S/C20H19FN4OS/c21-18-7-5-14(11-23-18)16-6-4-13-9-17(27-20(13)25-16)15(10-22)12-24-19-3-1-2-8-26-19/h4-7,9-12,19,22,24H,1-3,8H2/b15-12+,22-10?. The van der Waals surface area contributed by atoms with E-state index in [0.29, 0.717) is 0 Å². The minimum Gasteiger partial charge on any atom is -0.366 e. The quantitative estimate of drug-likeness (QED) is 0.500. The molecule has 2 N–H and O–H groups in total. The Kier molecular flexibility index (Phi) is 5.22. The zero-order valence-electron chi connectivity index (χ0n) is 14.6. The molecule has 0 radical (unpaired) electrons. The maximum absolute atomic E-state index is 13.0. The number of hydrogen-bond donors (Lipinski definition) is 2. The molecule has 1 aliphatic rings. The van der Waals surface area contributed by atoms with Crippen molar-refractivity contribution in [3.8, 4) is 11.3 Å². The lowest BCUT2D eigenvalue weighted by molar-refractivity contribution is 0.00348. The number of halogens is 1. The van der Waals surface area contributed by atoms with E-state index in [-0.39, 0.29) is 6.23 Å². The highest BCUT2D eigenvalue weighted by atomic mass is 32.1. The first kappa shape index (κ1) is 17.8. The molecule has 3 aromatic rings. The van der Waals surface area contributed by atoms with Crippen molar-refractivity contribution >= 4 is 33.3 Å². The van der Waals surface area contributed by atoms with Crippen LogP contribution in [0.15, 0.2) is 42.7 Å². The fourth-order valence-electron chi connectivity index (χ4n) is 2.99. The number of rotatable bonds is 5. The maximum atomic E-state index is 13.0. The average Bonchev–Trinajstić information content (AvgIpc) is 3.13. The maximum Gasteiger partial charge on any atom is 0.212 e. The van der Waals surface area contributed by atoms with Gasteiger partial charge in [-0.15, -0.1) is 11.3 Å². The molecule has 1 unspecified atom stereocenters. The molecule has 5 nitrogen and oxygen atoms in total. The summed E-state index contributed by atoms with van der Waals surface area (Å²) < 4.78 is 18.7. The molecule has 7 heteroatoms. The Labute approximate surface area is 160 Å². The second-order valence-corrected chi connectivity index (χ2v) is 7.37. The van der Waals surface area contributed by atoms with E-state index in [0.717, 1.165) is 57.8 Å². The van der Waals surface area contributed by atoms with Gasteiger partial charge in [0.1, 0.15) is 11.1 Å². The second kappa shape index (κ2) is 7.94. The molecule has 0 saturated carbocycles. The summed E-state index contributed by atoms with van der Waals surface area (Å²) in [6.07, 6.45) is 7.91. The lowest BCUT2D eigenvalue weighted by Crippen LogP contribution is -2.31. The minimum absolute atomic E-state index is 0.0128. The lowest BCUT2D eigenvalue weighted by atomic mass is 10.1. The van der Waals surface area contributed by atoms with E-state index in [2.05, 4.69) is 15.3 Å². The summed E-state index contributed by atoms with van der Waals surface area (Å²) in [5.74, 6) is -0.506. The van der Waals surface area contributed by atoms with Gasteiger partial charge in [0.15, 0.2) is 0 Å². The first-order valence-corrected chi connectivity index (χ1v) is 9.66. The van der Waals surface area contributed by atoms with E-state index in [9.17, 15) is 4.39 Å². The van der Waals surface area contributed by atoms with E-state index in [1.807, 2.05) is 24.4 Å². The SMILES string of the molecule is N=C/C(=C\NC1CCCCO1)c1cc2ccc(-c3ccc(F)nc3)nc2s1. The van der Waals surface area contributed by atoms with E-state index >= 15 is 0 Å². The van der Waals surface area contributed by atoms with E-state index in [1.165, 1.54) is 29.8 Å². The molecule has 0 aliphatic carbocycles. The van der Waals surface area contributed by atoms with Crippen LogP contribution in [0.3, 0.4) is 0 Å². The molecule has 1 fully saturated rings. The average molecular weight is 382 g/mol. The second-order valence-electron chi connectivity index (χ2n) is 6.34. The highest BCUT2D eigenvalue weighted by Gasteiger charge is 2.13. The Morgan fingerprint density at radius 1 is 1.30 bits per heavy atom. The Morgan fingerprint density at radius 2 is 2.22 bits per heavy atom. The number of fused-ring (bicyclic) bond motifs is 1. The molecule has 0 spiro atoms. The Hall–Kier alpha value is -2.64. The summed E-state index contributed by atoms with van der Waals surface area (Å²) in [7, 11) is 0. The summed E-state index contributed by atoms with van der Waals surface area (Å²) in [5.41, 5.74) is 2.31. The lowest BCUT2D eigenvalue weighted by Gasteiger charge is -2.22. The van der Waals surface area contributed by atoms with Crippen molar-refractivity contribution in [2.75, 3.05) is 6.61 Å². The van der Waals surface area contributed by atoms with Crippen LogP contribution in [-0.2, 0) is 4.74 Å². The number of nitrogens with zero attached hydrogens (tertiary/aromatic N) is 2. The van der Waals surface area contributed by atoms with Gasteiger partial charge in [-0.2, -0.15) is 4.39 Å². The van der Waals surface area contributed by atoms with Crippen molar-refractivity contribution in [3.63, 3.8) is 0 Å². The molecule has 1 atom stereocenters. The molecular formula is C20H19FN4OS. The molecule has 0 bridgehead atoms. The van der Waals surface area contributed by atoms with Crippen LogP contribution in [-0.4, -0.2) is 29.0 Å². The Balaban J connectivity index is 1.59. The van der Waals surface area contributed by atoms with Crippen molar-refractivity contribution in [2.24, 2.45) is 0 Å². The molecule has 1 aliphatic heterocycles. The van der Waals surface area contributed by atoms with Crippen LogP contribution in [0.1, 0.15) is 24.1 Å². The number of ether oxygens (including phenoxy) is 1. The third-order valence-electron chi connectivity index (χ3n) is 4.45. The third kappa shape index (κ3) is 4.04. The fourth-order valence-corrected chi connectivity index (χ4v) is 4.01. The summed E-state index contributed by atoms with van der Waals surface area (Å²) in [4.78, 5) is 10.2. The monoisotopic (exact) mass is 382 g/mol. The van der Waals surface area contributed by atoms with Crippen molar-refractivity contribution in [3.05, 3.63) is 53.6 Å². The molecule has 4 heterocycles. The minimum atomic E-state index is -0.506. The molecule has 0 aromatic carbocycles. The van der Waals surface area contributed by atoms with Crippen LogP contribution >= 0.6 is 11.3 Å². The van der Waals surface area contributed by atoms with Gasteiger partial charge in [0.05, 0.1) is 5.69 Å². The molecule has 138 valence electrons. The topological polar surface area (TPSA) is 70.9 Å². The first-order valence-electron chi connectivity index (χ1n) is 8.84. The molecule has 4 rings (SSSR count). The van der Waals surface area contributed by atoms with Crippen LogP contribution in [0.2, 0.25) is 0 Å². The van der Waals surface area contributed by atoms with Gasteiger partial charge in [0, 0.05) is 46.6 Å². The van der Waals surface area contributed by atoms with Gasteiger partial charge in [-0.25, -0.2) is 9.97 Å². The smallest absolute Gasteiger partial charge is 0.212 e. The van der Waals surface area contributed by atoms with Gasteiger partial charge in [-0.05, 0) is 49.6 Å². The van der Waals surface area contributed by atoms with Crippen molar-refractivity contribution in [1.82, 2.24) is 15.3 Å². The Morgan fingerprint density at radius 3 is 2.96 bits per heavy atom. The highest BCUT2D eigenvalue weighted by Crippen LogP contribution is 2.30. The van der Waals surface area contributed by atoms with Gasteiger partial charge in [-0.3, -0.25) is 0 Å². The van der Waals surface area contributed by atoms with Crippen molar-refractivity contribution in [2.45, 2.75) is 25.5 Å². The number of thiophene rings is 1. The zero-order chi connectivity index (χ0) is 18.6. The number of hydrogen-bond acceptors (Lipinski definition) is 6. The number of pyridine rings is 2. The van der Waals surface area contributed by atoms with Gasteiger partial charge in [0.25, 0.3) is 0 Å². The normalized spacial score (nSPS) is 17.8. The summed E-state index contributed by atoms with van der Waals surface area (Å²) in [6, 6.07) is 8.91. The van der Waals surface area contributed by atoms with Gasteiger partial charge >= 0.3 is 0 Å². The van der Waals surface area contributed by atoms with Crippen LogP contribution in [0.4, 0.5) is 4.39 Å². The third-order valence-corrected chi connectivity index (χ3v) is 5.54. The highest BCUT2D eigenvalue weighted by molar-refractivity contribution is 7.19. The summed E-state index contributed by atoms with van der Waals surface area (Å²) in [5, 5.41) is 12.0. The van der Waals surface area contributed by atoms with E-state index in [4.69, 9.17) is 10.1 Å². The molecule has 3 aromatic heterocycles. The number of allylic oxidation sites excluding steroid dienone is 1. The molecule has 0 amide bonds. The van der Waals surface area contributed by atoms with Crippen LogP contribution in [0.5, 0.6) is 0 Å². The number of nitrogens with one attached hydrogen (secondary N) is 2. The number of aromatic nitrogens is 2. The van der Waals surface area contributed by atoms with Gasteiger partial charge in [0.2, 0.25) is 5.95 Å². The molecular weight excluding hydrogens is 363 g/mol. The molecule has 1 saturated heterocycles. The van der Waals surface area contributed by atoms with Gasteiger partial charge < -0.3 is 15.5 Å². The van der Waals surface area contributed by atoms with Crippen molar-refractivity contribution < 1.29 is 9.13 Å². The summed E-state index contributed by atoms with van der Waals surface area (Å²) >= 11 is 1.52. The zero-order valence-corrected chi connectivity index (χ0v) is 15.4. The van der Waals surface area contributed by atoms with Crippen LogP contribution in [0, 0.1) is 11.4 Å². The summed E-state index contributed by atoms with van der Waals surface area (Å²) in [6.45, 7) is 0.777.